The van der Waals surface area contributed by atoms with Crippen molar-refractivity contribution in [3.8, 4) is 5.75 Å². The smallest absolute Gasteiger partial charge is 0.248 e. The van der Waals surface area contributed by atoms with Crippen molar-refractivity contribution >= 4 is 27.3 Å². The van der Waals surface area contributed by atoms with Crippen LogP contribution in [0.3, 0.4) is 0 Å². The molecular weight excluding hydrogens is 352 g/mol. The van der Waals surface area contributed by atoms with E-state index < -0.39 is 22.0 Å². The molecule has 0 spiro atoms. The van der Waals surface area contributed by atoms with Gasteiger partial charge >= 0.3 is 0 Å². The number of carbonyl (C=O) groups is 1. The number of rotatable bonds is 6. The second-order valence-electron chi connectivity index (χ2n) is 6.19. The topological polar surface area (TPSA) is 75.7 Å². The van der Waals surface area contributed by atoms with E-state index >= 15 is 0 Å². The molecule has 7 heteroatoms. The van der Waals surface area contributed by atoms with Gasteiger partial charge in [-0.1, -0.05) is 24.3 Å². The summed E-state index contributed by atoms with van der Waals surface area (Å²) in [5, 5.41) is 2.85. The Balaban J connectivity index is 2.38. The van der Waals surface area contributed by atoms with Gasteiger partial charge in [-0.05, 0) is 44.0 Å². The lowest BCUT2D eigenvalue weighted by Gasteiger charge is -2.28. The molecule has 0 heterocycles. The third-order valence-corrected chi connectivity index (χ3v) is 5.37. The molecular formula is C19H24N2O4S. The molecule has 0 aliphatic carbocycles. The highest BCUT2D eigenvalue weighted by Gasteiger charge is 2.29. The van der Waals surface area contributed by atoms with Crippen LogP contribution in [0.25, 0.3) is 0 Å². The van der Waals surface area contributed by atoms with Crippen molar-refractivity contribution in [2.45, 2.75) is 26.8 Å². The van der Waals surface area contributed by atoms with Gasteiger partial charge in [-0.15, -0.1) is 0 Å². The highest BCUT2D eigenvalue weighted by Crippen LogP contribution is 2.26. The summed E-state index contributed by atoms with van der Waals surface area (Å²) in [6, 6.07) is 11.4. The monoisotopic (exact) mass is 376 g/mol. The second-order valence-corrected chi connectivity index (χ2v) is 8.05. The van der Waals surface area contributed by atoms with Crippen molar-refractivity contribution in [3.63, 3.8) is 0 Å². The van der Waals surface area contributed by atoms with E-state index in [0.717, 1.165) is 21.7 Å². The molecule has 2 aromatic rings. The third kappa shape index (κ3) is 4.35. The number of hydrogen-bond acceptors (Lipinski definition) is 4. The number of benzene rings is 2. The van der Waals surface area contributed by atoms with Gasteiger partial charge in [0.05, 0.1) is 19.1 Å². The SMILES string of the molecule is COc1cccc(N([C@@H](C)C(=O)Nc2c(C)cccc2C)S(C)(=O)=O)c1. The van der Waals surface area contributed by atoms with Crippen LogP contribution in [0.4, 0.5) is 11.4 Å². The second kappa shape index (κ2) is 7.78. The first-order valence-electron chi connectivity index (χ1n) is 8.15. The van der Waals surface area contributed by atoms with Crippen molar-refractivity contribution in [1.29, 1.82) is 0 Å². The van der Waals surface area contributed by atoms with Crippen molar-refractivity contribution in [2.24, 2.45) is 0 Å². The van der Waals surface area contributed by atoms with Gasteiger partial charge in [-0.2, -0.15) is 0 Å². The first kappa shape index (κ1) is 19.8. The lowest BCUT2D eigenvalue weighted by Crippen LogP contribution is -2.45. The Hall–Kier alpha value is -2.54. The predicted molar refractivity (Wildman–Crippen MR) is 104 cm³/mol. The van der Waals surface area contributed by atoms with Gasteiger partial charge in [-0.3, -0.25) is 9.10 Å². The molecule has 0 aliphatic heterocycles. The zero-order valence-electron chi connectivity index (χ0n) is 15.6. The fraction of sp³-hybridized carbons (Fsp3) is 0.316. The van der Waals surface area contributed by atoms with Gasteiger partial charge in [-0.25, -0.2) is 8.42 Å². The normalized spacial score (nSPS) is 12.3. The van der Waals surface area contributed by atoms with E-state index in [0.29, 0.717) is 17.1 Å². The summed E-state index contributed by atoms with van der Waals surface area (Å²) in [5.41, 5.74) is 2.90. The quantitative estimate of drug-likeness (QED) is 0.840. The molecule has 0 fully saturated rings. The molecule has 0 saturated carbocycles. The van der Waals surface area contributed by atoms with Crippen LogP contribution in [0.15, 0.2) is 42.5 Å². The van der Waals surface area contributed by atoms with E-state index in [1.165, 1.54) is 7.11 Å². The Morgan fingerprint density at radius 2 is 1.69 bits per heavy atom. The molecule has 0 saturated heterocycles. The number of ether oxygens (including phenoxy) is 1. The number of nitrogens with one attached hydrogen (secondary N) is 1. The van der Waals surface area contributed by atoms with Crippen LogP contribution in [0, 0.1) is 13.8 Å². The molecule has 2 rings (SSSR count). The molecule has 0 aliphatic rings. The molecule has 0 aromatic heterocycles. The molecule has 0 radical (unpaired) electrons. The summed E-state index contributed by atoms with van der Waals surface area (Å²) < 4.78 is 31.0. The fourth-order valence-electron chi connectivity index (χ4n) is 2.80. The summed E-state index contributed by atoms with van der Waals surface area (Å²) in [6.45, 7) is 5.34. The summed E-state index contributed by atoms with van der Waals surface area (Å²) in [7, 11) is -2.18. The largest absolute Gasteiger partial charge is 0.497 e. The minimum atomic E-state index is -3.68. The number of aryl methyl sites for hydroxylation is 2. The summed E-state index contributed by atoms with van der Waals surface area (Å²) >= 11 is 0. The van der Waals surface area contributed by atoms with Crippen LogP contribution < -0.4 is 14.4 Å². The maximum absolute atomic E-state index is 12.8. The van der Waals surface area contributed by atoms with E-state index in [9.17, 15) is 13.2 Å². The number of carbonyl (C=O) groups excluding carboxylic acids is 1. The number of amides is 1. The first-order valence-corrected chi connectivity index (χ1v) is 10.0. The van der Waals surface area contributed by atoms with Gasteiger partial charge in [0.15, 0.2) is 0 Å². The standard InChI is InChI=1S/C19H24N2O4S/c1-13-8-6-9-14(2)18(13)20-19(22)15(3)21(26(5,23)24)16-10-7-11-17(12-16)25-4/h6-12,15H,1-5H3,(H,20,22)/t15-/m0/s1. The number of hydrogen-bond donors (Lipinski definition) is 1. The zero-order valence-corrected chi connectivity index (χ0v) is 16.4. The van der Waals surface area contributed by atoms with Gasteiger partial charge in [0.2, 0.25) is 15.9 Å². The van der Waals surface area contributed by atoms with Crippen molar-refractivity contribution in [1.82, 2.24) is 0 Å². The van der Waals surface area contributed by atoms with E-state index in [2.05, 4.69) is 5.32 Å². The molecule has 140 valence electrons. The molecule has 1 N–H and O–H groups in total. The van der Waals surface area contributed by atoms with Crippen LogP contribution in [-0.4, -0.2) is 33.7 Å². The number of nitrogens with zero attached hydrogens (tertiary/aromatic N) is 1. The number of anilines is 2. The zero-order chi connectivity index (χ0) is 19.5. The predicted octanol–water partition coefficient (Wildman–Crippen LogP) is 3.11. The Morgan fingerprint density at radius 3 is 2.23 bits per heavy atom. The average molecular weight is 376 g/mol. The van der Waals surface area contributed by atoms with Crippen LogP contribution in [0.5, 0.6) is 5.75 Å². The first-order chi connectivity index (χ1) is 12.1. The summed E-state index contributed by atoms with van der Waals surface area (Å²) in [4.78, 5) is 12.8. The molecule has 1 amide bonds. The lowest BCUT2D eigenvalue weighted by atomic mass is 10.1. The maximum atomic E-state index is 12.8. The molecule has 2 aromatic carbocycles. The maximum Gasteiger partial charge on any atom is 0.248 e. The van der Waals surface area contributed by atoms with Crippen LogP contribution in [0.2, 0.25) is 0 Å². The van der Waals surface area contributed by atoms with Gasteiger partial charge in [0, 0.05) is 11.8 Å². The van der Waals surface area contributed by atoms with Gasteiger partial charge in [0.25, 0.3) is 0 Å². The van der Waals surface area contributed by atoms with E-state index in [4.69, 9.17) is 4.74 Å². The molecule has 6 nitrogen and oxygen atoms in total. The summed E-state index contributed by atoms with van der Waals surface area (Å²) in [6.07, 6.45) is 1.08. The molecule has 26 heavy (non-hydrogen) atoms. The van der Waals surface area contributed by atoms with Crippen LogP contribution >= 0.6 is 0 Å². The Morgan fingerprint density at radius 1 is 1.12 bits per heavy atom. The summed E-state index contributed by atoms with van der Waals surface area (Å²) in [5.74, 6) is 0.106. The minimum absolute atomic E-state index is 0.371. The number of para-hydroxylation sites is 1. The van der Waals surface area contributed by atoms with Crippen LogP contribution in [0.1, 0.15) is 18.1 Å². The van der Waals surface area contributed by atoms with Crippen molar-refractivity contribution in [2.75, 3.05) is 23.0 Å². The van der Waals surface area contributed by atoms with Crippen LogP contribution in [-0.2, 0) is 14.8 Å². The Labute approximate surface area is 154 Å². The van der Waals surface area contributed by atoms with Crippen molar-refractivity contribution in [3.05, 3.63) is 53.6 Å². The highest BCUT2D eigenvalue weighted by molar-refractivity contribution is 7.92. The van der Waals surface area contributed by atoms with Crippen molar-refractivity contribution < 1.29 is 17.9 Å². The third-order valence-electron chi connectivity index (χ3n) is 4.13. The fourth-order valence-corrected chi connectivity index (χ4v) is 3.96. The molecule has 0 bridgehead atoms. The highest BCUT2D eigenvalue weighted by atomic mass is 32.2. The molecule has 1 atom stereocenters. The number of sulfonamides is 1. The average Bonchev–Trinajstić information content (AvgIpc) is 2.57. The number of methoxy groups -OCH3 is 1. The van der Waals surface area contributed by atoms with E-state index in [-0.39, 0.29) is 0 Å². The lowest BCUT2D eigenvalue weighted by molar-refractivity contribution is -0.116. The Bertz CT molecular complexity index is 889. The van der Waals surface area contributed by atoms with E-state index in [1.54, 1.807) is 31.2 Å². The molecule has 0 unspecified atom stereocenters. The Kier molecular flexibility index (Phi) is 5.92. The van der Waals surface area contributed by atoms with Gasteiger partial charge in [0.1, 0.15) is 11.8 Å². The van der Waals surface area contributed by atoms with Gasteiger partial charge < -0.3 is 10.1 Å². The minimum Gasteiger partial charge on any atom is -0.497 e. The van der Waals surface area contributed by atoms with E-state index in [1.807, 2.05) is 32.0 Å².